The average molecular weight is 526 g/mol. The van der Waals surface area contributed by atoms with Crippen molar-refractivity contribution in [2.24, 2.45) is 0 Å². The van der Waals surface area contributed by atoms with Crippen LogP contribution in [0.4, 0.5) is 5.82 Å². The van der Waals surface area contributed by atoms with Gasteiger partial charge in [-0.3, -0.25) is 20.0 Å². The number of carbonyl (C=O) groups excluding carboxylic acids is 1. The van der Waals surface area contributed by atoms with Crippen LogP contribution in [-0.4, -0.2) is 79.7 Å². The van der Waals surface area contributed by atoms with E-state index in [1.807, 2.05) is 6.07 Å². The maximum absolute atomic E-state index is 12.5. The van der Waals surface area contributed by atoms with Crippen molar-refractivity contribution < 1.29 is 38.7 Å². The number of nitrogens with one attached hydrogen (secondary N) is 1. The monoisotopic (exact) mass is 526 g/mol. The summed E-state index contributed by atoms with van der Waals surface area (Å²) in [6.07, 6.45) is -4.14. The molecule has 198 valence electrons. The second-order valence-corrected chi connectivity index (χ2v) is 9.88. The molecule has 0 bridgehead atoms. The number of ether oxygens (including phenoxy) is 2. The molecule has 14 heteroatoms. The summed E-state index contributed by atoms with van der Waals surface area (Å²) in [5.41, 5.74) is 0.952. The van der Waals surface area contributed by atoms with Crippen molar-refractivity contribution >= 4 is 20.3 Å². The number of esters is 1. The Hall–Kier alpha value is -2.64. The van der Waals surface area contributed by atoms with E-state index in [4.69, 9.17) is 23.7 Å². The minimum atomic E-state index is -1.88. The van der Waals surface area contributed by atoms with E-state index < -0.39 is 50.8 Å². The van der Waals surface area contributed by atoms with Crippen molar-refractivity contribution in [3.63, 3.8) is 0 Å². The molecule has 1 aliphatic heterocycles. The first-order valence-electron chi connectivity index (χ1n) is 11.2. The molecule has 0 saturated carbocycles. The normalized spacial score (nSPS) is 23.5. The molecule has 13 nitrogen and oxygen atoms in total. The minimum Gasteiger partial charge on any atom is -0.462 e. The van der Waals surface area contributed by atoms with Gasteiger partial charge < -0.3 is 28.7 Å². The highest BCUT2D eigenvalue weighted by Gasteiger charge is 2.45. The number of aliphatic hydroxyl groups excluding tert-OH is 2. The molecule has 36 heavy (non-hydrogen) atoms. The Morgan fingerprint density at radius 3 is 2.53 bits per heavy atom. The van der Waals surface area contributed by atoms with Crippen molar-refractivity contribution in [3.05, 3.63) is 53.1 Å². The van der Waals surface area contributed by atoms with Gasteiger partial charge in [0.1, 0.15) is 30.1 Å². The zero-order chi connectivity index (χ0) is 26.4. The number of para-hydroxylation sites is 1. The molecule has 1 aliphatic rings. The molecule has 6 atom stereocenters. The van der Waals surface area contributed by atoms with Crippen LogP contribution in [0.2, 0.25) is 0 Å². The zero-order valence-electron chi connectivity index (χ0n) is 20.3. The summed E-state index contributed by atoms with van der Waals surface area (Å²) in [6, 6.07) is 9.45. The van der Waals surface area contributed by atoms with Crippen LogP contribution in [0.5, 0.6) is 5.75 Å². The molecule has 1 aromatic carbocycles. The highest BCUT2D eigenvalue weighted by molar-refractivity contribution is 7.45. The predicted octanol–water partition coefficient (Wildman–Crippen LogP) is 1.26. The van der Waals surface area contributed by atoms with Gasteiger partial charge in [0.2, 0.25) is 0 Å². The molecule has 1 aromatic heterocycles. The minimum absolute atomic E-state index is 0.0824. The second-order valence-electron chi connectivity index (χ2n) is 8.33. The van der Waals surface area contributed by atoms with Crippen LogP contribution in [0.3, 0.4) is 0 Å². The molecule has 0 spiro atoms. The third-order valence-electron chi connectivity index (χ3n) is 5.34. The van der Waals surface area contributed by atoms with Crippen molar-refractivity contribution in [3.8, 4) is 5.75 Å². The van der Waals surface area contributed by atoms with E-state index in [-0.39, 0.29) is 18.5 Å². The highest BCUT2D eigenvalue weighted by Crippen LogP contribution is 2.44. The lowest BCUT2D eigenvalue weighted by atomic mass is 10.1. The topological polar surface area (TPSA) is 165 Å². The number of aliphatic hydroxyl groups is 2. The standard InChI is InChI=1S/C22H31N4O9P/c1-13(2)33-21(29)14(3)25(4)36(35-15-8-6-5-7-9-15)32-12-16-18(27)19(28)20(34-16)26-11-10-17(24-31)23-22(26)30/h5-11,13-14,16,18-20,27-28,31H,12H2,1-4H3,(H,23,24,30). The largest absolute Gasteiger partial charge is 0.462 e. The number of benzene rings is 1. The van der Waals surface area contributed by atoms with Crippen LogP contribution in [0.1, 0.15) is 27.0 Å². The summed E-state index contributed by atoms with van der Waals surface area (Å²) >= 11 is 0. The van der Waals surface area contributed by atoms with E-state index in [2.05, 4.69) is 4.98 Å². The fourth-order valence-corrected chi connectivity index (χ4v) is 4.60. The molecule has 6 unspecified atom stereocenters. The highest BCUT2D eigenvalue weighted by atomic mass is 31.2. The molecular weight excluding hydrogens is 495 g/mol. The first-order chi connectivity index (χ1) is 17.1. The van der Waals surface area contributed by atoms with E-state index >= 15 is 0 Å². The Bertz CT molecular complexity index is 1060. The molecule has 4 N–H and O–H groups in total. The number of hydrogen-bond acceptors (Lipinski definition) is 12. The van der Waals surface area contributed by atoms with Crippen LogP contribution in [-0.2, 0) is 18.8 Å². The van der Waals surface area contributed by atoms with E-state index in [1.54, 1.807) is 62.2 Å². The first-order valence-corrected chi connectivity index (χ1v) is 12.4. The van der Waals surface area contributed by atoms with Crippen molar-refractivity contribution in [2.45, 2.75) is 57.5 Å². The molecule has 1 fully saturated rings. The fourth-order valence-electron chi connectivity index (χ4n) is 3.28. The fraction of sp³-hybridized carbons (Fsp3) is 0.500. The third-order valence-corrected chi connectivity index (χ3v) is 6.94. The lowest BCUT2D eigenvalue weighted by molar-refractivity contribution is -0.151. The number of nitrogens with zero attached hydrogens (tertiary/aromatic N) is 3. The van der Waals surface area contributed by atoms with Crippen molar-refractivity contribution in [2.75, 3.05) is 19.1 Å². The zero-order valence-corrected chi connectivity index (χ0v) is 21.2. The lowest BCUT2D eigenvalue weighted by Crippen LogP contribution is -2.38. The maximum Gasteiger partial charge on any atom is 0.351 e. The van der Waals surface area contributed by atoms with Gasteiger partial charge in [-0.1, -0.05) is 18.2 Å². The first kappa shape index (κ1) is 27.9. The van der Waals surface area contributed by atoms with Crippen molar-refractivity contribution in [1.29, 1.82) is 0 Å². The number of anilines is 1. The van der Waals surface area contributed by atoms with E-state index in [0.717, 1.165) is 4.57 Å². The summed E-state index contributed by atoms with van der Waals surface area (Å²) in [7, 11) is -0.238. The Morgan fingerprint density at radius 1 is 1.22 bits per heavy atom. The van der Waals surface area contributed by atoms with Crippen LogP contribution in [0.15, 0.2) is 47.4 Å². The van der Waals surface area contributed by atoms with Gasteiger partial charge in [-0.05, 0) is 46.0 Å². The number of aromatic nitrogens is 2. The van der Waals surface area contributed by atoms with Gasteiger partial charge in [0.15, 0.2) is 12.0 Å². The molecule has 3 rings (SSSR count). The Labute approximate surface area is 209 Å². The van der Waals surface area contributed by atoms with Gasteiger partial charge in [0, 0.05) is 6.20 Å². The van der Waals surface area contributed by atoms with Gasteiger partial charge in [-0.25, -0.2) is 9.46 Å². The lowest BCUT2D eigenvalue weighted by Gasteiger charge is -2.30. The summed E-state index contributed by atoms with van der Waals surface area (Å²) in [5.74, 6) is -0.0393. The molecule has 0 radical (unpaired) electrons. The number of rotatable bonds is 11. The van der Waals surface area contributed by atoms with Crippen LogP contribution < -0.4 is 15.7 Å². The molecule has 0 aliphatic carbocycles. The molecule has 2 heterocycles. The molecule has 2 aromatic rings. The molecule has 1 saturated heterocycles. The second kappa shape index (κ2) is 12.5. The molecule has 0 amide bonds. The van der Waals surface area contributed by atoms with Gasteiger partial charge >= 0.3 is 20.2 Å². The van der Waals surface area contributed by atoms with E-state index in [1.165, 1.54) is 12.3 Å². The van der Waals surface area contributed by atoms with Crippen LogP contribution >= 0.6 is 8.53 Å². The van der Waals surface area contributed by atoms with E-state index in [0.29, 0.717) is 5.75 Å². The maximum atomic E-state index is 12.5. The Balaban J connectivity index is 1.73. The van der Waals surface area contributed by atoms with Crippen LogP contribution in [0.25, 0.3) is 0 Å². The quantitative estimate of drug-likeness (QED) is 0.188. The third kappa shape index (κ3) is 6.77. The summed E-state index contributed by atoms with van der Waals surface area (Å²) in [5, 5.41) is 30.0. The van der Waals surface area contributed by atoms with Crippen molar-refractivity contribution in [1.82, 2.24) is 14.2 Å². The van der Waals surface area contributed by atoms with E-state index in [9.17, 15) is 19.8 Å². The van der Waals surface area contributed by atoms with Gasteiger partial charge in [0.05, 0.1) is 12.7 Å². The molecular formula is C22H31N4O9P. The van der Waals surface area contributed by atoms with Gasteiger partial charge in [-0.15, -0.1) is 0 Å². The summed E-state index contributed by atoms with van der Waals surface area (Å²) in [6.45, 7) is 4.93. The Kier molecular flexibility index (Phi) is 9.74. The number of hydrogen-bond donors (Lipinski definition) is 4. The number of carbonyl (C=O) groups is 1. The van der Waals surface area contributed by atoms with Crippen LogP contribution in [0, 0.1) is 0 Å². The average Bonchev–Trinajstić information content (AvgIpc) is 3.14. The Morgan fingerprint density at radius 2 is 1.92 bits per heavy atom. The van der Waals surface area contributed by atoms with Gasteiger partial charge in [-0.2, -0.15) is 4.98 Å². The predicted molar refractivity (Wildman–Crippen MR) is 128 cm³/mol. The number of likely N-dealkylation sites (N-methyl/N-ethyl adjacent to an activating group) is 1. The summed E-state index contributed by atoms with van der Waals surface area (Å²) < 4.78 is 25.5. The smallest absolute Gasteiger partial charge is 0.351 e. The summed E-state index contributed by atoms with van der Waals surface area (Å²) in [4.78, 5) is 28.3. The van der Waals surface area contributed by atoms with Gasteiger partial charge in [0.25, 0.3) is 0 Å². The SMILES string of the molecule is CC(C)OC(=O)C(C)N(C)P(OCC1OC(n2ccc(NO)nc2=O)C(O)C1O)Oc1ccccc1.